The summed E-state index contributed by atoms with van der Waals surface area (Å²) in [5.41, 5.74) is -0.156. The maximum Gasteiger partial charge on any atom is 0.0683 e. The Morgan fingerprint density at radius 3 is 2.64 bits per heavy atom. The van der Waals surface area contributed by atoms with E-state index in [0.29, 0.717) is 0 Å². The first-order valence-electron chi connectivity index (χ1n) is 5.63. The van der Waals surface area contributed by atoms with E-state index < -0.39 is 0 Å². The highest BCUT2D eigenvalue weighted by Gasteiger charge is 2.21. The summed E-state index contributed by atoms with van der Waals surface area (Å²) in [5.74, 6) is 0.866. The fourth-order valence-corrected chi connectivity index (χ4v) is 1.36. The van der Waals surface area contributed by atoms with E-state index in [9.17, 15) is 0 Å². The van der Waals surface area contributed by atoms with Crippen LogP contribution in [0.3, 0.4) is 0 Å². The largest absolute Gasteiger partial charge is 0.381 e. The lowest BCUT2D eigenvalue weighted by atomic mass is 9.89. The third-order valence-corrected chi connectivity index (χ3v) is 2.69. The summed E-state index contributed by atoms with van der Waals surface area (Å²) in [4.78, 5) is 0. The third kappa shape index (κ3) is 5.24. The number of nitrogens with zero attached hydrogens (tertiary/aromatic N) is 1. The number of nitriles is 1. The molecule has 0 aliphatic heterocycles. The van der Waals surface area contributed by atoms with Crippen molar-refractivity contribution in [1.29, 1.82) is 5.26 Å². The molecule has 2 heteroatoms. The molecule has 0 amide bonds. The topological polar surface area (TPSA) is 33.0 Å². The van der Waals surface area contributed by atoms with Gasteiger partial charge in [-0.15, -0.1) is 0 Å². The number of hydrogen-bond acceptors (Lipinski definition) is 2. The van der Waals surface area contributed by atoms with E-state index in [2.05, 4.69) is 6.07 Å². The van der Waals surface area contributed by atoms with Crippen molar-refractivity contribution in [3.05, 3.63) is 0 Å². The Morgan fingerprint density at radius 2 is 2.07 bits per heavy atom. The van der Waals surface area contributed by atoms with Crippen molar-refractivity contribution in [2.24, 2.45) is 11.3 Å². The average Bonchev–Trinajstić information content (AvgIpc) is 2.95. The fraction of sp³-hybridized carbons (Fsp3) is 0.917. The van der Waals surface area contributed by atoms with Gasteiger partial charge in [0.25, 0.3) is 0 Å². The van der Waals surface area contributed by atoms with Crippen molar-refractivity contribution in [2.45, 2.75) is 46.0 Å². The molecule has 1 rings (SSSR count). The van der Waals surface area contributed by atoms with Crippen LogP contribution >= 0.6 is 0 Å². The molecular weight excluding hydrogens is 174 g/mol. The molecule has 0 aromatic carbocycles. The Bertz CT molecular complexity index is 201. The van der Waals surface area contributed by atoms with Gasteiger partial charge in [0.2, 0.25) is 0 Å². The standard InChI is InChI=1S/C12H21NO/c1-12(2,10-13)7-3-4-8-14-9-11-5-6-11/h11H,3-9H2,1-2H3. The van der Waals surface area contributed by atoms with Gasteiger partial charge < -0.3 is 4.74 Å². The highest BCUT2D eigenvalue weighted by atomic mass is 16.5. The maximum atomic E-state index is 8.80. The van der Waals surface area contributed by atoms with Crippen LogP contribution in [0.25, 0.3) is 0 Å². The van der Waals surface area contributed by atoms with Crippen LogP contribution in [0.2, 0.25) is 0 Å². The third-order valence-electron chi connectivity index (χ3n) is 2.69. The zero-order chi connectivity index (χ0) is 10.4. The van der Waals surface area contributed by atoms with Crippen molar-refractivity contribution >= 4 is 0 Å². The minimum Gasteiger partial charge on any atom is -0.381 e. The van der Waals surface area contributed by atoms with E-state index in [1.807, 2.05) is 13.8 Å². The minimum atomic E-state index is -0.156. The molecule has 0 heterocycles. The number of unbranched alkanes of at least 4 members (excludes halogenated alkanes) is 1. The van der Waals surface area contributed by atoms with E-state index in [4.69, 9.17) is 10.00 Å². The molecule has 0 spiro atoms. The van der Waals surface area contributed by atoms with Crippen molar-refractivity contribution < 1.29 is 4.74 Å². The molecule has 80 valence electrons. The summed E-state index contributed by atoms with van der Waals surface area (Å²) in [6.45, 7) is 5.83. The Kier molecular flexibility index (Phi) is 4.41. The summed E-state index contributed by atoms with van der Waals surface area (Å²) in [6.07, 6.45) is 5.91. The normalized spacial score (nSPS) is 16.6. The average molecular weight is 195 g/mol. The number of hydrogen-bond donors (Lipinski definition) is 0. The summed E-state index contributed by atoms with van der Waals surface area (Å²) in [7, 11) is 0. The van der Waals surface area contributed by atoms with Crippen molar-refractivity contribution in [3.63, 3.8) is 0 Å². The van der Waals surface area contributed by atoms with Crippen LogP contribution in [0.1, 0.15) is 46.0 Å². The summed E-state index contributed by atoms with van der Waals surface area (Å²) in [5, 5.41) is 8.80. The van der Waals surface area contributed by atoms with Gasteiger partial charge in [0.15, 0.2) is 0 Å². The molecule has 1 aliphatic rings. The van der Waals surface area contributed by atoms with Gasteiger partial charge in [-0.3, -0.25) is 0 Å². The molecule has 0 bridgehead atoms. The molecule has 0 atom stereocenters. The van der Waals surface area contributed by atoms with Crippen LogP contribution in [-0.4, -0.2) is 13.2 Å². The molecule has 14 heavy (non-hydrogen) atoms. The van der Waals surface area contributed by atoms with E-state index >= 15 is 0 Å². The second-order valence-corrected chi connectivity index (χ2v) is 4.97. The number of rotatable bonds is 7. The Hall–Kier alpha value is -0.550. The van der Waals surface area contributed by atoms with E-state index in [1.165, 1.54) is 12.8 Å². The molecule has 2 nitrogen and oxygen atoms in total. The van der Waals surface area contributed by atoms with Crippen molar-refractivity contribution in [1.82, 2.24) is 0 Å². The van der Waals surface area contributed by atoms with Crippen molar-refractivity contribution in [2.75, 3.05) is 13.2 Å². The van der Waals surface area contributed by atoms with Crippen LogP contribution in [0, 0.1) is 22.7 Å². The molecule has 0 N–H and O–H groups in total. The molecule has 0 unspecified atom stereocenters. The number of ether oxygens (including phenoxy) is 1. The smallest absolute Gasteiger partial charge is 0.0683 e. The lowest BCUT2D eigenvalue weighted by Crippen LogP contribution is -2.08. The molecule has 1 saturated carbocycles. The lowest BCUT2D eigenvalue weighted by molar-refractivity contribution is 0.119. The van der Waals surface area contributed by atoms with E-state index in [1.54, 1.807) is 0 Å². The molecule has 1 aliphatic carbocycles. The molecular formula is C12H21NO. The Balaban J connectivity index is 1.86. The van der Waals surface area contributed by atoms with Crippen LogP contribution < -0.4 is 0 Å². The van der Waals surface area contributed by atoms with E-state index in [0.717, 1.165) is 38.4 Å². The molecule has 1 fully saturated rings. The first kappa shape index (κ1) is 11.5. The monoisotopic (exact) mass is 195 g/mol. The van der Waals surface area contributed by atoms with E-state index in [-0.39, 0.29) is 5.41 Å². The van der Waals surface area contributed by atoms with Crippen LogP contribution in [0.5, 0.6) is 0 Å². The molecule has 0 saturated heterocycles. The van der Waals surface area contributed by atoms with Gasteiger partial charge in [-0.05, 0) is 51.9 Å². The predicted octanol–water partition coefficient (Wildman–Crippen LogP) is 3.13. The zero-order valence-corrected chi connectivity index (χ0v) is 9.38. The fourth-order valence-electron chi connectivity index (χ4n) is 1.36. The first-order valence-corrected chi connectivity index (χ1v) is 5.63. The van der Waals surface area contributed by atoms with Gasteiger partial charge in [0, 0.05) is 13.2 Å². The second kappa shape index (κ2) is 5.36. The highest BCUT2D eigenvalue weighted by molar-refractivity contribution is 4.91. The second-order valence-electron chi connectivity index (χ2n) is 4.97. The predicted molar refractivity (Wildman–Crippen MR) is 56.8 cm³/mol. The molecule has 0 aromatic rings. The van der Waals surface area contributed by atoms with Gasteiger partial charge in [0.1, 0.15) is 0 Å². The summed E-state index contributed by atoms with van der Waals surface area (Å²) >= 11 is 0. The highest BCUT2D eigenvalue weighted by Crippen LogP contribution is 2.29. The SMILES string of the molecule is CC(C)(C#N)CCCCOCC1CC1. The quantitative estimate of drug-likeness (QED) is 0.585. The van der Waals surface area contributed by atoms with Gasteiger partial charge >= 0.3 is 0 Å². The van der Waals surface area contributed by atoms with Gasteiger partial charge in [-0.2, -0.15) is 5.26 Å². The Morgan fingerprint density at radius 1 is 1.36 bits per heavy atom. The molecule has 0 aromatic heterocycles. The van der Waals surface area contributed by atoms with Gasteiger partial charge in [0.05, 0.1) is 11.5 Å². The lowest BCUT2D eigenvalue weighted by Gasteiger charge is -2.14. The van der Waals surface area contributed by atoms with Gasteiger partial charge in [-0.1, -0.05) is 0 Å². The maximum absolute atomic E-state index is 8.80. The van der Waals surface area contributed by atoms with Crippen molar-refractivity contribution in [3.8, 4) is 6.07 Å². The van der Waals surface area contributed by atoms with Gasteiger partial charge in [-0.25, -0.2) is 0 Å². The minimum absolute atomic E-state index is 0.156. The van der Waals surface area contributed by atoms with Crippen LogP contribution in [-0.2, 0) is 4.74 Å². The summed E-state index contributed by atoms with van der Waals surface area (Å²) in [6, 6.07) is 2.32. The Labute approximate surface area is 87.3 Å². The van der Waals surface area contributed by atoms with Crippen LogP contribution in [0.15, 0.2) is 0 Å². The zero-order valence-electron chi connectivity index (χ0n) is 9.38. The first-order chi connectivity index (χ1) is 6.64. The summed E-state index contributed by atoms with van der Waals surface area (Å²) < 4.78 is 5.52. The molecule has 0 radical (unpaired) electrons. The van der Waals surface area contributed by atoms with Crippen LogP contribution in [0.4, 0.5) is 0 Å².